The second-order valence-electron chi connectivity index (χ2n) is 5.72. The molecule has 1 amide bonds. The Balaban J connectivity index is 1.90. The van der Waals surface area contributed by atoms with Crippen LogP contribution >= 0.6 is 0 Å². The van der Waals surface area contributed by atoms with Crippen LogP contribution in [-0.2, 0) is 0 Å². The second kappa shape index (κ2) is 5.68. The maximum absolute atomic E-state index is 12.4. The molecule has 1 aliphatic rings. The summed E-state index contributed by atoms with van der Waals surface area (Å²) in [5.74, 6) is -0.310. The lowest BCUT2D eigenvalue weighted by Gasteiger charge is -2.22. The number of pyridine rings is 1. The third kappa shape index (κ3) is 2.82. The van der Waals surface area contributed by atoms with Crippen LogP contribution in [0.25, 0.3) is 5.65 Å². The highest BCUT2D eigenvalue weighted by Gasteiger charge is 2.19. The van der Waals surface area contributed by atoms with E-state index in [9.17, 15) is 9.59 Å². The molecule has 0 saturated heterocycles. The number of carbonyl (C=O) groups excluding carboxylic acids is 1. The van der Waals surface area contributed by atoms with Crippen molar-refractivity contribution in [2.75, 3.05) is 0 Å². The Morgan fingerprint density at radius 2 is 2.05 bits per heavy atom. The summed E-state index contributed by atoms with van der Waals surface area (Å²) >= 11 is 0. The largest absolute Gasteiger partial charge is 0.349 e. The molecule has 5 heteroatoms. The number of hydrogen-bond donors (Lipinski definition) is 1. The quantitative estimate of drug-likeness (QED) is 0.918. The van der Waals surface area contributed by atoms with Crippen molar-refractivity contribution in [1.29, 1.82) is 0 Å². The van der Waals surface area contributed by atoms with E-state index in [1.165, 1.54) is 17.0 Å². The first-order chi connectivity index (χ1) is 10.1. The lowest BCUT2D eigenvalue weighted by molar-refractivity contribution is 0.0925. The summed E-state index contributed by atoms with van der Waals surface area (Å²) in [6.45, 7) is 1.90. The summed E-state index contributed by atoms with van der Waals surface area (Å²) in [6, 6.07) is 3.85. The molecule has 3 rings (SSSR count). The van der Waals surface area contributed by atoms with Gasteiger partial charge in [-0.1, -0.05) is 25.3 Å². The topological polar surface area (TPSA) is 63.5 Å². The Morgan fingerprint density at radius 1 is 1.29 bits per heavy atom. The highest BCUT2D eigenvalue weighted by Crippen LogP contribution is 2.17. The second-order valence-corrected chi connectivity index (χ2v) is 5.72. The molecule has 5 nitrogen and oxygen atoms in total. The monoisotopic (exact) mass is 285 g/mol. The third-order valence-electron chi connectivity index (χ3n) is 4.03. The van der Waals surface area contributed by atoms with Crippen LogP contribution in [0.1, 0.15) is 48.0 Å². The number of aryl methyl sites for hydroxylation is 1. The predicted molar refractivity (Wildman–Crippen MR) is 80.5 cm³/mol. The molecular weight excluding hydrogens is 266 g/mol. The van der Waals surface area contributed by atoms with Gasteiger partial charge in [-0.25, -0.2) is 4.98 Å². The summed E-state index contributed by atoms with van der Waals surface area (Å²) in [7, 11) is 0. The van der Waals surface area contributed by atoms with Crippen LogP contribution in [0, 0.1) is 6.92 Å². The van der Waals surface area contributed by atoms with Gasteiger partial charge in [0, 0.05) is 18.4 Å². The lowest BCUT2D eigenvalue weighted by atomic mass is 9.95. The third-order valence-corrected chi connectivity index (χ3v) is 4.03. The van der Waals surface area contributed by atoms with Crippen LogP contribution in [0.5, 0.6) is 0 Å². The van der Waals surface area contributed by atoms with Gasteiger partial charge in [-0.2, -0.15) is 0 Å². The van der Waals surface area contributed by atoms with Crippen molar-refractivity contribution >= 4 is 11.6 Å². The van der Waals surface area contributed by atoms with Crippen molar-refractivity contribution in [1.82, 2.24) is 14.7 Å². The molecule has 1 saturated carbocycles. The van der Waals surface area contributed by atoms with Gasteiger partial charge in [0.05, 0.1) is 0 Å². The number of hydrogen-bond acceptors (Lipinski definition) is 3. The van der Waals surface area contributed by atoms with Crippen LogP contribution in [0.15, 0.2) is 29.3 Å². The van der Waals surface area contributed by atoms with Crippen LogP contribution in [0.3, 0.4) is 0 Å². The molecule has 0 bridgehead atoms. The van der Waals surface area contributed by atoms with Gasteiger partial charge in [0.15, 0.2) is 0 Å². The number of fused-ring (bicyclic) bond motifs is 1. The Bertz CT molecular complexity index is 730. The molecule has 110 valence electrons. The number of amides is 1. The first-order valence-electron chi connectivity index (χ1n) is 7.44. The zero-order valence-electron chi connectivity index (χ0n) is 12.1. The summed E-state index contributed by atoms with van der Waals surface area (Å²) in [5, 5.41) is 2.96. The number of nitrogens with zero attached hydrogens (tertiary/aromatic N) is 2. The highest BCUT2D eigenvalue weighted by atomic mass is 16.2. The maximum atomic E-state index is 12.4. The Morgan fingerprint density at radius 3 is 2.81 bits per heavy atom. The minimum atomic E-state index is -0.310. The van der Waals surface area contributed by atoms with Gasteiger partial charge in [-0.05, 0) is 31.4 Å². The van der Waals surface area contributed by atoms with Crippen LogP contribution in [-0.4, -0.2) is 21.3 Å². The molecule has 0 aliphatic heterocycles. The normalized spacial score (nSPS) is 16.0. The summed E-state index contributed by atoms with van der Waals surface area (Å²) in [4.78, 5) is 28.9. The molecular formula is C16H19N3O2. The average Bonchev–Trinajstić information content (AvgIpc) is 2.49. The lowest BCUT2D eigenvalue weighted by Crippen LogP contribution is -2.39. The fourth-order valence-electron chi connectivity index (χ4n) is 2.85. The average molecular weight is 285 g/mol. The van der Waals surface area contributed by atoms with E-state index in [0.29, 0.717) is 5.65 Å². The van der Waals surface area contributed by atoms with Crippen LogP contribution in [0.4, 0.5) is 0 Å². The van der Waals surface area contributed by atoms with Gasteiger partial charge >= 0.3 is 0 Å². The van der Waals surface area contributed by atoms with Crippen molar-refractivity contribution in [3.8, 4) is 0 Å². The van der Waals surface area contributed by atoms with Gasteiger partial charge in [0.2, 0.25) is 0 Å². The first-order valence-corrected chi connectivity index (χ1v) is 7.44. The fraction of sp³-hybridized carbons (Fsp3) is 0.438. The maximum Gasteiger partial charge on any atom is 0.270 e. The summed E-state index contributed by atoms with van der Waals surface area (Å²) in [6.07, 6.45) is 8.58. The van der Waals surface area contributed by atoms with Crippen molar-refractivity contribution in [2.24, 2.45) is 0 Å². The Labute approximate surface area is 123 Å². The zero-order valence-corrected chi connectivity index (χ0v) is 12.1. The molecule has 1 N–H and O–H groups in total. The number of aromatic nitrogens is 2. The number of rotatable bonds is 2. The van der Waals surface area contributed by atoms with Crippen molar-refractivity contribution in [2.45, 2.75) is 45.1 Å². The van der Waals surface area contributed by atoms with E-state index in [-0.39, 0.29) is 23.1 Å². The van der Waals surface area contributed by atoms with E-state index < -0.39 is 0 Å². The molecule has 2 aromatic rings. The van der Waals surface area contributed by atoms with E-state index in [2.05, 4.69) is 10.3 Å². The smallest absolute Gasteiger partial charge is 0.270 e. The van der Waals surface area contributed by atoms with Gasteiger partial charge < -0.3 is 5.32 Å². The molecule has 0 aromatic carbocycles. The van der Waals surface area contributed by atoms with E-state index in [1.807, 2.05) is 13.0 Å². The predicted octanol–water partition coefficient (Wildman–Crippen LogP) is 2.07. The number of nitrogens with one attached hydrogen (secondary N) is 1. The molecule has 2 aromatic heterocycles. The molecule has 2 heterocycles. The Kier molecular flexibility index (Phi) is 3.73. The number of carbonyl (C=O) groups is 1. The zero-order chi connectivity index (χ0) is 14.8. The SMILES string of the molecule is Cc1ccc2ncc(C(=O)NC3CCCCC3)c(=O)n2c1. The van der Waals surface area contributed by atoms with Gasteiger partial charge in [0.25, 0.3) is 11.5 Å². The van der Waals surface area contributed by atoms with Crippen LogP contribution in [0.2, 0.25) is 0 Å². The van der Waals surface area contributed by atoms with E-state index >= 15 is 0 Å². The fourth-order valence-corrected chi connectivity index (χ4v) is 2.85. The van der Waals surface area contributed by atoms with E-state index in [4.69, 9.17) is 0 Å². The molecule has 1 aliphatic carbocycles. The molecule has 0 atom stereocenters. The molecule has 0 radical (unpaired) electrons. The molecule has 21 heavy (non-hydrogen) atoms. The first kappa shape index (κ1) is 13.8. The molecule has 1 fully saturated rings. The highest BCUT2D eigenvalue weighted by molar-refractivity contribution is 5.93. The van der Waals surface area contributed by atoms with E-state index in [1.54, 1.807) is 12.3 Å². The standard InChI is InChI=1S/C16H19N3O2/c1-11-7-8-14-17-9-13(16(21)19(14)10-11)15(20)18-12-5-3-2-4-6-12/h7-10,12H,2-6H2,1H3,(H,18,20). The van der Waals surface area contributed by atoms with Gasteiger partial charge in [-0.15, -0.1) is 0 Å². The van der Waals surface area contributed by atoms with Crippen molar-refractivity contribution in [3.05, 3.63) is 46.0 Å². The molecule has 0 spiro atoms. The van der Waals surface area contributed by atoms with Crippen molar-refractivity contribution < 1.29 is 4.79 Å². The Hall–Kier alpha value is -2.17. The van der Waals surface area contributed by atoms with E-state index in [0.717, 1.165) is 31.2 Å². The minimum absolute atomic E-state index is 0.115. The van der Waals surface area contributed by atoms with Gasteiger partial charge in [0.1, 0.15) is 11.2 Å². The summed E-state index contributed by atoms with van der Waals surface area (Å²) < 4.78 is 1.44. The van der Waals surface area contributed by atoms with Crippen LogP contribution < -0.4 is 10.9 Å². The van der Waals surface area contributed by atoms with Gasteiger partial charge in [-0.3, -0.25) is 14.0 Å². The van der Waals surface area contributed by atoms with Crippen molar-refractivity contribution in [3.63, 3.8) is 0 Å². The minimum Gasteiger partial charge on any atom is -0.349 e. The molecule has 0 unspecified atom stereocenters. The summed E-state index contributed by atoms with van der Waals surface area (Å²) in [5.41, 5.74) is 1.32.